The minimum atomic E-state index is -4.56. The highest BCUT2D eigenvalue weighted by Crippen LogP contribution is 2.37. The Morgan fingerprint density at radius 1 is 1.04 bits per heavy atom. The molecule has 0 saturated carbocycles. The van der Waals surface area contributed by atoms with E-state index < -0.39 is 30.1 Å². The second-order valence-electron chi connectivity index (χ2n) is 7.93. The Morgan fingerprint density at radius 3 is 2.08 bits per heavy atom. The summed E-state index contributed by atoms with van der Waals surface area (Å²) in [6.45, 7) is 8.46. The topological polar surface area (TPSA) is 38.8 Å². The van der Waals surface area contributed by atoms with Crippen LogP contribution in [0.2, 0.25) is 0 Å². The molecule has 0 aliphatic carbocycles. The summed E-state index contributed by atoms with van der Waals surface area (Å²) < 4.78 is 51.8. The van der Waals surface area contributed by atoms with Crippen LogP contribution in [0.3, 0.4) is 0 Å². The highest BCUT2D eigenvalue weighted by Gasteiger charge is 2.52. The van der Waals surface area contributed by atoms with Gasteiger partial charge in [-0.05, 0) is 58.1 Å². The predicted octanol–water partition coefficient (Wildman–Crippen LogP) is 3.24. The van der Waals surface area contributed by atoms with Crippen molar-refractivity contribution in [2.75, 3.05) is 13.1 Å². The molecule has 1 aromatic rings. The van der Waals surface area contributed by atoms with E-state index in [1.54, 1.807) is 4.90 Å². The van der Waals surface area contributed by atoms with Crippen molar-refractivity contribution in [1.29, 1.82) is 0 Å². The Balaban J connectivity index is 2.00. The largest absolute Gasteiger partial charge is 0.494 e. The van der Waals surface area contributed by atoms with E-state index in [0.717, 1.165) is 25.0 Å². The molecule has 3 rings (SSSR count). The van der Waals surface area contributed by atoms with Crippen molar-refractivity contribution in [3.63, 3.8) is 0 Å². The molecule has 26 heavy (non-hydrogen) atoms. The minimum Gasteiger partial charge on any atom is -0.399 e. The lowest BCUT2D eigenvalue weighted by atomic mass is 9.77. The summed E-state index contributed by atoms with van der Waals surface area (Å²) in [7, 11) is -0.951. The van der Waals surface area contributed by atoms with Gasteiger partial charge in [-0.2, -0.15) is 13.2 Å². The number of hydrogen-bond donors (Lipinski definition) is 0. The Kier molecular flexibility index (Phi) is 4.64. The number of likely N-dealkylation sites (tertiary alicyclic amines) is 1. The van der Waals surface area contributed by atoms with E-state index in [-0.39, 0.29) is 16.9 Å². The van der Waals surface area contributed by atoms with E-state index in [9.17, 15) is 18.0 Å². The van der Waals surface area contributed by atoms with Gasteiger partial charge < -0.3 is 14.2 Å². The Bertz CT molecular complexity index is 696. The zero-order valence-electron chi connectivity index (χ0n) is 15.4. The molecule has 0 N–H and O–H groups in total. The first kappa shape index (κ1) is 19.2. The lowest BCUT2D eigenvalue weighted by molar-refractivity contribution is -0.137. The van der Waals surface area contributed by atoms with Crippen LogP contribution in [0.5, 0.6) is 0 Å². The third-order valence-corrected chi connectivity index (χ3v) is 5.45. The minimum absolute atomic E-state index is 0.0198. The van der Waals surface area contributed by atoms with Gasteiger partial charge in [-0.1, -0.05) is 6.07 Å². The monoisotopic (exact) mass is 369 g/mol. The molecular weight excluding hydrogens is 346 g/mol. The van der Waals surface area contributed by atoms with Crippen LogP contribution in [0.1, 0.15) is 56.5 Å². The number of rotatable bonds is 2. The Labute approximate surface area is 151 Å². The van der Waals surface area contributed by atoms with Gasteiger partial charge in [0.2, 0.25) is 0 Å². The van der Waals surface area contributed by atoms with Crippen LogP contribution in [0.15, 0.2) is 18.2 Å². The fourth-order valence-corrected chi connectivity index (χ4v) is 3.16. The maximum absolute atomic E-state index is 13.4. The molecule has 2 saturated heterocycles. The van der Waals surface area contributed by atoms with Crippen LogP contribution < -0.4 is 5.46 Å². The summed E-state index contributed by atoms with van der Waals surface area (Å²) >= 11 is 0. The predicted molar refractivity (Wildman–Crippen MR) is 92.3 cm³/mol. The summed E-state index contributed by atoms with van der Waals surface area (Å²) in [4.78, 5) is 14.2. The Hall–Kier alpha value is -1.54. The highest BCUT2D eigenvalue weighted by atomic mass is 19.4. The molecule has 0 spiro atoms. The van der Waals surface area contributed by atoms with E-state index in [0.29, 0.717) is 13.1 Å². The Morgan fingerprint density at radius 2 is 1.58 bits per heavy atom. The SMILES string of the molecule is CC1(C)OB(c2cc(C(=O)N3CCCC3)cc(C(F)(F)F)c2)OC1(C)C. The normalized spacial score (nSPS) is 22.1. The van der Waals surface area contributed by atoms with Crippen LogP contribution >= 0.6 is 0 Å². The second kappa shape index (κ2) is 6.27. The maximum Gasteiger partial charge on any atom is 0.494 e. The first-order valence-corrected chi connectivity index (χ1v) is 8.78. The average molecular weight is 369 g/mol. The van der Waals surface area contributed by atoms with Crippen LogP contribution in [0.4, 0.5) is 13.2 Å². The molecule has 1 amide bonds. The van der Waals surface area contributed by atoms with Crippen molar-refractivity contribution in [2.45, 2.75) is 57.9 Å². The van der Waals surface area contributed by atoms with Gasteiger partial charge in [0.15, 0.2) is 0 Å². The fraction of sp³-hybridized carbons (Fsp3) is 0.611. The van der Waals surface area contributed by atoms with Crippen molar-refractivity contribution in [3.05, 3.63) is 29.3 Å². The summed E-state index contributed by atoms with van der Waals surface area (Å²) in [5.41, 5.74) is -1.99. The number of nitrogens with zero attached hydrogens (tertiary/aromatic N) is 1. The molecule has 1 aromatic carbocycles. The first-order chi connectivity index (χ1) is 11.9. The number of carbonyl (C=O) groups is 1. The number of halogens is 3. The summed E-state index contributed by atoms with van der Waals surface area (Å²) in [5.74, 6) is -0.383. The van der Waals surface area contributed by atoms with Crippen molar-refractivity contribution in [2.24, 2.45) is 0 Å². The number of hydrogen-bond acceptors (Lipinski definition) is 3. The average Bonchev–Trinajstić information content (AvgIpc) is 3.12. The van der Waals surface area contributed by atoms with Gasteiger partial charge in [-0.25, -0.2) is 0 Å². The van der Waals surface area contributed by atoms with E-state index in [2.05, 4.69) is 0 Å². The van der Waals surface area contributed by atoms with Crippen LogP contribution in [0, 0.1) is 0 Å². The van der Waals surface area contributed by atoms with Gasteiger partial charge >= 0.3 is 13.3 Å². The smallest absolute Gasteiger partial charge is 0.399 e. The lowest BCUT2D eigenvalue weighted by Gasteiger charge is -2.32. The van der Waals surface area contributed by atoms with Gasteiger partial charge in [-0.3, -0.25) is 4.79 Å². The summed E-state index contributed by atoms with van der Waals surface area (Å²) in [5, 5.41) is 0. The molecule has 2 fully saturated rings. The molecule has 2 aliphatic rings. The number of alkyl halides is 3. The van der Waals surface area contributed by atoms with E-state index in [4.69, 9.17) is 9.31 Å². The standard InChI is InChI=1S/C18H23BF3NO3/c1-16(2)17(3,4)26-19(25-16)14-10-12(9-13(11-14)18(20,21)22)15(24)23-7-5-6-8-23/h9-11H,5-8H2,1-4H3. The third-order valence-electron chi connectivity index (χ3n) is 5.45. The van der Waals surface area contributed by atoms with Crippen LogP contribution in [-0.2, 0) is 15.5 Å². The zero-order valence-corrected chi connectivity index (χ0v) is 15.4. The molecule has 0 atom stereocenters. The number of benzene rings is 1. The molecule has 0 aromatic heterocycles. The molecule has 2 aliphatic heterocycles. The van der Waals surface area contributed by atoms with Gasteiger partial charge in [0, 0.05) is 18.7 Å². The molecule has 0 bridgehead atoms. The quantitative estimate of drug-likeness (QED) is 0.752. The molecule has 0 radical (unpaired) electrons. The number of amides is 1. The highest BCUT2D eigenvalue weighted by molar-refractivity contribution is 6.62. The van der Waals surface area contributed by atoms with Gasteiger partial charge in [0.25, 0.3) is 5.91 Å². The van der Waals surface area contributed by atoms with Gasteiger partial charge in [-0.15, -0.1) is 0 Å². The fourth-order valence-electron chi connectivity index (χ4n) is 3.16. The van der Waals surface area contributed by atoms with Crippen molar-refractivity contribution in [3.8, 4) is 0 Å². The molecule has 8 heteroatoms. The van der Waals surface area contributed by atoms with Crippen LogP contribution in [-0.4, -0.2) is 42.2 Å². The molecule has 4 nitrogen and oxygen atoms in total. The zero-order chi connectivity index (χ0) is 19.3. The first-order valence-electron chi connectivity index (χ1n) is 8.78. The van der Waals surface area contributed by atoms with Crippen molar-refractivity contribution in [1.82, 2.24) is 4.90 Å². The summed E-state index contributed by atoms with van der Waals surface area (Å²) in [6, 6.07) is 3.37. The van der Waals surface area contributed by atoms with Crippen molar-refractivity contribution < 1.29 is 27.3 Å². The van der Waals surface area contributed by atoms with Crippen LogP contribution in [0.25, 0.3) is 0 Å². The van der Waals surface area contributed by atoms with Gasteiger partial charge in [0.05, 0.1) is 16.8 Å². The summed E-state index contributed by atoms with van der Waals surface area (Å²) in [6.07, 6.45) is -2.82. The molecule has 2 heterocycles. The third kappa shape index (κ3) is 3.49. The molecule has 142 valence electrons. The van der Waals surface area contributed by atoms with Crippen molar-refractivity contribution >= 4 is 18.5 Å². The van der Waals surface area contributed by atoms with Gasteiger partial charge in [0.1, 0.15) is 0 Å². The van der Waals surface area contributed by atoms with E-state index in [1.807, 2.05) is 27.7 Å². The van der Waals surface area contributed by atoms with E-state index >= 15 is 0 Å². The van der Waals surface area contributed by atoms with E-state index in [1.165, 1.54) is 6.07 Å². The lowest BCUT2D eigenvalue weighted by Crippen LogP contribution is -2.41. The molecular formula is C18H23BF3NO3. The maximum atomic E-state index is 13.4. The number of carbonyl (C=O) groups excluding carboxylic acids is 1. The molecule has 0 unspecified atom stereocenters. The second-order valence-corrected chi connectivity index (χ2v) is 7.93.